The molecule has 44 heavy (non-hydrogen) atoms. The van der Waals surface area contributed by atoms with Gasteiger partial charge in [-0.3, -0.25) is 14.4 Å². The van der Waals surface area contributed by atoms with Crippen molar-refractivity contribution in [1.29, 1.82) is 0 Å². The molecule has 2 aromatic rings. The average molecular weight is 626 g/mol. The third-order valence-corrected chi connectivity index (χ3v) is 10.5. The molecule has 4 heterocycles. The molecule has 5 rings (SSSR count). The van der Waals surface area contributed by atoms with Crippen molar-refractivity contribution in [3.05, 3.63) is 51.3 Å². The van der Waals surface area contributed by atoms with Crippen LogP contribution in [0.4, 0.5) is 5.69 Å². The molecule has 0 bridgehead atoms. The van der Waals surface area contributed by atoms with Gasteiger partial charge in [-0.15, -0.1) is 0 Å². The number of aromatic nitrogens is 1. The second-order valence-electron chi connectivity index (χ2n) is 12.8. The van der Waals surface area contributed by atoms with Crippen LogP contribution >= 0.6 is 11.6 Å². The number of hydrogen-bond acceptors (Lipinski definition) is 5. The van der Waals surface area contributed by atoms with Gasteiger partial charge in [-0.25, -0.2) is 4.79 Å². The zero-order valence-electron chi connectivity index (χ0n) is 26.4. The summed E-state index contributed by atoms with van der Waals surface area (Å²) in [5.74, 6) is -0.320. The van der Waals surface area contributed by atoms with E-state index in [0.717, 1.165) is 37.3 Å². The number of carbonyl (C=O) groups is 4. The maximum atomic E-state index is 13.8. The number of carboxylic acids is 1. The van der Waals surface area contributed by atoms with Crippen molar-refractivity contribution in [2.45, 2.75) is 47.0 Å². The van der Waals surface area contributed by atoms with Crippen molar-refractivity contribution in [3.8, 4) is 0 Å². The molecule has 1 N–H and O–H groups in total. The number of rotatable bonds is 8. The zero-order chi connectivity index (χ0) is 31.9. The highest BCUT2D eigenvalue weighted by Gasteiger charge is 2.42. The van der Waals surface area contributed by atoms with Crippen LogP contribution < -0.4 is 4.90 Å². The minimum Gasteiger partial charge on any atom is -0.477 e. The molecule has 1 aromatic heterocycles. The molecule has 3 aliphatic heterocycles. The molecule has 11 heteroatoms. The average Bonchev–Trinajstić information content (AvgIpc) is 3.62. The number of carbonyl (C=O) groups excluding carboxylic acids is 3. The predicted octanol–water partition coefficient (Wildman–Crippen LogP) is 3.99. The standard InChI is InChI=1S/C33H44ClN5O5/c1-20-7-8-27(15-28(20)34)39(31(41)24-9-13-37(14-10-24)23(4)40)12-6-11-36-16-25-18-38(19-26(25)17-36)32(42)29-21(2)30(33(43)44)35(5)22(29)3/h7-8,15,24-26H,6,9-14,16-19H2,1-5H3,(H,43,44). The number of piperidine rings is 1. The van der Waals surface area contributed by atoms with E-state index < -0.39 is 5.97 Å². The Kier molecular flexibility index (Phi) is 9.41. The van der Waals surface area contributed by atoms with Crippen molar-refractivity contribution in [3.63, 3.8) is 0 Å². The van der Waals surface area contributed by atoms with Crippen LogP contribution in [0.5, 0.6) is 0 Å². The first kappa shape index (κ1) is 32.0. The highest BCUT2D eigenvalue weighted by Crippen LogP contribution is 2.34. The van der Waals surface area contributed by atoms with Gasteiger partial charge in [0.05, 0.1) is 5.56 Å². The van der Waals surface area contributed by atoms with Gasteiger partial charge in [0.15, 0.2) is 0 Å². The van der Waals surface area contributed by atoms with Gasteiger partial charge in [-0.1, -0.05) is 17.7 Å². The number of amides is 3. The molecule has 0 aliphatic carbocycles. The van der Waals surface area contributed by atoms with Crippen LogP contribution in [0.2, 0.25) is 5.02 Å². The molecule has 0 radical (unpaired) electrons. The van der Waals surface area contributed by atoms with E-state index in [2.05, 4.69) is 4.90 Å². The van der Waals surface area contributed by atoms with Crippen molar-refractivity contribution in [2.24, 2.45) is 24.8 Å². The molecule has 2 unspecified atom stereocenters. The largest absolute Gasteiger partial charge is 0.477 e. The second kappa shape index (κ2) is 12.9. The van der Waals surface area contributed by atoms with Gasteiger partial charge in [0.1, 0.15) is 5.69 Å². The van der Waals surface area contributed by atoms with Crippen LogP contribution in [0.1, 0.15) is 63.9 Å². The first-order valence-corrected chi connectivity index (χ1v) is 16.0. The van der Waals surface area contributed by atoms with Crippen LogP contribution in [-0.4, -0.2) is 100 Å². The van der Waals surface area contributed by atoms with Crippen molar-refractivity contribution < 1.29 is 24.3 Å². The molecule has 10 nitrogen and oxygen atoms in total. The van der Waals surface area contributed by atoms with E-state index in [1.54, 1.807) is 32.4 Å². The number of aromatic carboxylic acids is 1. The van der Waals surface area contributed by atoms with Crippen LogP contribution in [0.3, 0.4) is 0 Å². The number of carboxylic acid groups (broad SMARTS) is 1. The second-order valence-corrected chi connectivity index (χ2v) is 13.3. The summed E-state index contributed by atoms with van der Waals surface area (Å²) in [6.45, 7) is 12.8. The monoisotopic (exact) mass is 625 g/mol. The van der Waals surface area contributed by atoms with Crippen molar-refractivity contribution >= 4 is 41.0 Å². The lowest BCUT2D eigenvalue weighted by atomic mass is 9.94. The summed E-state index contributed by atoms with van der Waals surface area (Å²) in [4.78, 5) is 58.8. The Morgan fingerprint density at radius 2 is 1.61 bits per heavy atom. The van der Waals surface area contributed by atoms with Gasteiger partial charge in [-0.05, 0) is 81.7 Å². The topological polar surface area (TPSA) is 106 Å². The van der Waals surface area contributed by atoms with Gasteiger partial charge in [0, 0.05) is 82.1 Å². The van der Waals surface area contributed by atoms with Gasteiger partial charge >= 0.3 is 5.97 Å². The highest BCUT2D eigenvalue weighted by atomic mass is 35.5. The van der Waals surface area contributed by atoms with Gasteiger partial charge < -0.3 is 29.3 Å². The quantitative estimate of drug-likeness (QED) is 0.476. The number of likely N-dealkylation sites (tertiary alicyclic amines) is 3. The highest BCUT2D eigenvalue weighted by molar-refractivity contribution is 6.31. The fourth-order valence-electron chi connectivity index (χ4n) is 7.42. The smallest absolute Gasteiger partial charge is 0.352 e. The summed E-state index contributed by atoms with van der Waals surface area (Å²) in [7, 11) is 1.69. The number of nitrogens with zero attached hydrogens (tertiary/aromatic N) is 5. The number of fused-ring (bicyclic) bond motifs is 1. The summed E-state index contributed by atoms with van der Waals surface area (Å²) in [5.41, 5.74) is 3.66. The Balaban J connectivity index is 1.18. The maximum absolute atomic E-state index is 13.8. The Hall–Kier alpha value is -3.37. The number of benzene rings is 1. The molecular weight excluding hydrogens is 582 g/mol. The summed E-state index contributed by atoms with van der Waals surface area (Å²) in [6, 6.07) is 5.79. The minimum absolute atomic E-state index is 0.0542. The molecule has 0 saturated carbocycles. The molecule has 1 aromatic carbocycles. The van der Waals surface area contributed by atoms with E-state index in [9.17, 15) is 24.3 Å². The minimum atomic E-state index is -1.02. The Morgan fingerprint density at radius 1 is 0.977 bits per heavy atom. The van der Waals surface area contributed by atoms with Gasteiger partial charge in [0.25, 0.3) is 5.91 Å². The fourth-order valence-corrected chi connectivity index (χ4v) is 7.60. The molecule has 2 atom stereocenters. The molecule has 3 amide bonds. The number of hydrogen-bond donors (Lipinski definition) is 1. The molecule has 3 saturated heterocycles. The molecule has 3 fully saturated rings. The van der Waals surface area contributed by atoms with Crippen LogP contribution in [-0.2, 0) is 16.6 Å². The first-order valence-electron chi connectivity index (χ1n) is 15.6. The predicted molar refractivity (Wildman–Crippen MR) is 169 cm³/mol. The van der Waals surface area contributed by atoms with Crippen LogP contribution in [0.15, 0.2) is 18.2 Å². The molecule has 238 valence electrons. The lowest BCUT2D eigenvalue weighted by Gasteiger charge is -2.34. The third-order valence-electron chi connectivity index (χ3n) is 10.1. The van der Waals surface area contributed by atoms with Crippen LogP contribution in [0, 0.1) is 38.5 Å². The van der Waals surface area contributed by atoms with Crippen LogP contribution in [0.25, 0.3) is 0 Å². The van der Waals surface area contributed by atoms with Crippen molar-refractivity contribution in [2.75, 3.05) is 57.3 Å². The van der Waals surface area contributed by atoms with E-state index in [1.807, 2.05) is 39.8 Å². The first-order chi connectivity index (χ1) is 20.9. The fraction of sp³-hybridized carbons (Fsp3) is 0.576. The van der Waals surface area contributed by atoms with E-state index in [1.165, 1.54) is 0 Å². The Labute approximate surface area is 264 Å². The zero-order valence-corrected chi connectivity index (χ0v) is 27.2. The maximum Gasteiger partial charge on any atom is 0.352 e. The molecular formula is C33H44ClN5O5. The van der Waals surface area contributed by atoms with Gasteiger partial charge in [0.2, 0.25) is 11.8 Å². The van der Waals surface area contributed by atoms with E-state index in [4.69, 9.17) is 11.6 Å². The molecule has 0 spiro atoms. The summed E-state index contributed by atoms with van der Waals surface area (Å²) in [6.07, 6.45) is 2.14. The lowest BCUT2D eigenvalue weighted by molar-refractivity contribution is -0.133. The van der Waals surface area contributed by atoms with E-state index in [-0.39, 0.29) is 29.3 Å². The Morgan fingerprint density at radius 3 is 2.16 bits per heavy atom. The normalized spacial score (nSPS) is 20.7. The Bertz CT molecular complexity index is 1450. The van der Waals surface area contributed by atoms with Gasteiger partial charge in [-0.2, -0.15) is 0 Å². The van der Waals surface area contributed by atoms with E-state index in [0.29, 0.717) is 79.2 Å². The number of halogens is 1. The summed E-state index contributed by atoms with van der Waals surface area (Å²) >= 11 is 6.46. The molecule has 3 aliphatic rings. The number of aryl methyl sites for hydroxylation is 1. The SMILES string of the molecule is CC(=O)N1CCC(C(=O)N(CCCN2CC3CN(C(=O)c4c(C)c(C(=O)O)n(C)c4C)CC3C2)c2ccc(C)c(Cl)c2)CC1. The third kappa shape index (κ3) is 6.24. The lowest BCUT2D eigenvalue weighted by Crippen LogP contribution is -2.44. The summed E-state index contributed by atoms with van der Waals surface area (Å²) in [5, 5.41) is 10.3. The van der Waals surface area contributed by atoms with Crippen molar-refractivity contribution in [1.82, 2.24) is 19.3 Å². The van der Waals surface area contributed by atoms with E-state index >= 15 is 0 Å². The number of anilines is 1. The summed E-state index contributed by atoms with van der Waals surface area (Å²) < 4.78 is 1.59.